The number of carbonyl (C=O) groups is 2. The first-order valence-corrected chi connectivity index (χ1v) is 5.49. The Balaban J connectivity index is 2.95. The molecule has 0 heterocycles. The number of carboxylic acids is 1. The molecule has 1 aromatic rings. The van der Waals surface area contributed by atoms with Crippen LogP contribution in [0.25, 0.3) is 0 Å². The highest BCUT2D eigenvalue weighted by Gasteiger charge is 2.20. The van der Waals surface area contributed by atoms with Gasteiger partial charge < -0.3 is 10.8 Å². The molecule has 1 rings (SSSR count). The second-order valence-electron chi connectivity index (χ2n) is 3.53. The summed E-state index contributed by atoms with van der Waals surface area (Å²) in [5, 5.41) is 8.56. The highest BCUT2D eigenvalue weighted by molar-refractivity contribution is 9.10. The summed E-state index contributed by atoms with van der Waals surface area (Å²) in [6, 6.07) is 4.25. The molecule has 3 N–H and O–H groups in total. The summed E-state index contributed by atoms with van der Waals surface area (Å²) in [7, 11) is 0. The van der Waals surface area contributed by atoms with Crippen LogP contribution < -0.4 is 5.73 Å². The number of ketones is 1. The van der Waals surface area contributed by atoms with E-state index in [0.29, 0.717) is 5.56 Å². The van der Waals surface area contributed by atoms with Gasteiger partial charge in [0.15, 0.2) is 5.78 Å². The van der Waals surface area contributed by atoms with E-state index in [-0.39, 0.29) is 12.2 Å². The largest absolute Gasteiger partial charge is 0.481 e. The van der Waals surface area contributed by atoms with E-state index < -0.39 is 12.0 Å². The number of Topliss-reactive ketones (excluding diaryl/α,β-unsaturated/α-hetero) is 1. The molecule has 0 saturated carbocycles. The Bertz CT molecular complexity index is 431. The standard InChI is InChI=1S/C11H12BrNO3/c1-6-2-3-7(12)4-8(6)11(16)9(13)5-10(14)15/h2-4,9H,5,13H2,1H3,(H,14,15). The van der Waals surface area contributed by atoms with Crippen molar-refractivity contribution in [2.24, 2.45) is 5.73 Å². The third-order valence-corrected chi connectivity index (χ3v) is 2.69. The first kappa shape index (κ1) is 12.9. The maximum atomic E-state index is 11.8. The highest BCUT2D eigenvalue weighted by atomic mass is 79.9. The van der Waals surface area contributed by atoms with Crippen molar-refractivity contribution in [3.05, 3.63) is 33.8 Å². The average molecular weight is 286 g/mol. The predicted molar refractivity (Wildman–Crippen MR) is 63.4 cm³/mol. The zero-order chi connectivity index (χ0) is 12.3. The van der Waals surface area contributed by atoms with Gasteiger partial charge in [0.25, 0.3) is 0 Å². The van der Waals surface area contributed by atoms with Gasteiger partial charge in [-0.3, -0.25) is 9.59 Å². The van der Waals surface area contributed by atoms with Gasteiger partial charge >= 0.3 is 5.97 Å². The first-order valence-electron chi connectivity index (χ1n) is 4.69. The molecular formula is C11H12BrNO3. The maximum Gasteiger partial charge on any atom is 0.305 e. The second-order valence-corrected chi connectivity index (χ2v) is 4.44. The Morgan fingerprint density at radius 1 is 1.50 bits per heavy atom. The number of halogens is 1. The summed E-state index contributed by atoms with van der Waals surface area (Å²) < 4.78 is 0.768. The summed E-state index contributed by atoms with van der Waals surface area (Å²) in [6.45, 7) is 1.78. The zero-order valence-corrected chi connectivity index (χ0v) is 10.3. The van der Waals surface area contributed by atoms with Crippen molar-refractivity contribution in [1.29, 1.82) is 0 Å². The van der Waals surface area contributed by atoms with Crippen LogP contribution in [0.15, 0.2) is 22.7 Å². The Kier molecular flexibility index (Phi) is 4.20. The second kappa shape index (κ2) is 5.23. The van der Waals surface area contributed by atoms with Crippen LogP contribution in [0.3, 0.4) is 0 Å². The normalized spacial score (nSPS) is 12.2. The van der Waals surface area contributed by atoms with Crippen LogP contribution in [-0.2, 0) is 4.79 Å². The van der Waals surface area contributed by atoms with Gasteiger partial charge in [-0.2, -0.15) is 0 Å². The molecule has 0 aliphatic heterocycles. The Morgan fingerprint density at radius 2 is 2.12 bits per heavy atom. The van der Waals surface area contributed by atoms with E-state index in [1.807, 2.05) is 6.07 Å². The van der Waals surface area contributed by atoms with E-state index in [9.17, 15) is 9.59 Å². The summed E-state index contributed by atoms with van der Waals surface area (Å²) >= 11 is 3.26. The fraction of sp³-hybridized carbons (Fsp3) is 0.273. The van der Waals surface area contributed by atoms with Crippen molar-refractivity contribution in [2.45, 2.75) is 19.4 Å². The molecule has 1 atom stereocenters. The molecule has 1 unspecified atom stereocenters. The van der Waals surface area contributed by atoms with Gasteiger partial charge in [-0.1, -0.05) is 22.0 Å². The Hall–Kier alpha value is -1.20. The van der Waals surface area contributed by atoms with Crippen molar-refractivity contribution < 1.29 is 14.7 Å². The predicted octanol–water partition coefficient (Wildman–Crippen LogP) is 1.74. The number of aliphatic carboxylic acids is 1. The maximum absolute atomic E-state index is 11.8. The van der Waals surface area contributed by atoms with E-state index in [1.54, 1.807) is 19.1 Å². The fourth-order valence-electron chi connectivity index (χ4n) is 1.34. The number of rotatable bonds is 4. The van der Waals surface area contributed by atoms with Crippen molar-refractivity contribution in [2.75, 3.05) is 0 Å². The minimum Gasteiger partial charge on any atom is -0.481 e. The van der Waals surface area contributed by atoms with Gasteiger partial charge in [0.2, 0.25) is 0 Å². The van der Waals surface area contributed by atoms with E-state index in [2.05, 4.69) is 15.9 Å². The number of hydrogen-bond acceptors (Lipinski definition) is 3. The number of carboxylic acid groups (broad SMARTS) is 1. The van der Waals surface area contributed by atoms with Gasteiger partial charge in [-0.25, -0.2) is 0 Å². The molecule has 0 radical (unpaired) electrons. The topological polar surface area (TPSA) is 80.4 Å². The molecule has 0 fully saturated rings. The molecule has 0 saturated heterocycles. The van der Waals surface area contributed by atoms with Crippen molar-refractivity contribution in [1.82, 2.24) is 0 Å². The van der Waals surface area contributed by atoms with Gasteiger partial charge in [-0.15, -0.1) is 0 Å². The molecule has 0 aromatic heterocycles. The molecule has 1 aromatic carbocycles. The van der Waals surface area contributed by atoms with Crippen LogP contribution in [0.5, 0.6) is 0 Å². The lowest BCUT2D eigenvalue weighted by Gasteiger charge is -2.10. The van der Waals surface area contributed by atoms with Crippen LogP contribution in [0, 0.1) is 6.92 Å². The minimum absolute atomic E-state index is 0.346. The van der Waals surface area contributed by atoms with Crippen LogP contribution in [0.1, 0.15) is 22.3 Å². The van der Waals surface area contributed by atoms with Crippen molar-refractivity contribution >= 4 is 27.7 Å². The first-order chi connectivity index (χ1) is 7.41. The lowest BCUT2D eigenvalue weighted by atomic mass is 9.98. The molecule has 0 spiro atoms. The smallest absolute Gasteiger partial charge is 0.305 e. The molecule has 4 nitrogen and oxygen atoms in total. The van der Waals surface area contributed by atoms with Gasteiger partial charge in [0.05, 0.1) is 12.5 Å². The summed E-state index contributed by atoms with van der Waals surface area (Å²) in [5.41, 5.74) is 6.77. The zero-order valence-electron chi connectivity index (χ0n) is 8.74. The minimum atomic E-state index is -1.08. The monoisotopic (exact) mass is 285 g/mol. The average Bonchev–Trinajstić information content (AvgIpc) is 2.19. The number of aryl methyl sites for hydroxylation is 1. The highest BCUT2D eigenvalue weighted by Crippen LogP contribution is 2.17. The van der Waals surface area contributed by atoms with Crippen LogP contribution >= 0.6 is 15.9 Å². The SMILES string of the molecule is Cc1ccc(Br)cc1C(=O)C(N)CC(=O)O. The van der Waals surface area contributed by atoms with E-state index in [4.69, 9.17) is 10.8 Å². The van der Waals surface area contributed by atoms with Crippen molar-refractivity contribution in [3.8, 4) is 0 Å². The number of benzene rings is 1. The molecule has 0 bridgehead atoms. The lowest BCUT2D eigenvalue weighted by Crippen LogP contribution is -2.33. The molecule has 86 valence electrons. The molecule has 5 heteroatoms. The number of nitrogens with two attached hydrogens (primary N) is 1. The van der Waals surface area contributed by atoms with Crippen molar-refractivity contribution in [3.63, 3.8) is 0 Å². The van der Waals surface area contributed by atoms with Gasteiger partial charge in [0, 0.05) is 10.0 Å². The van der Waals surface area contributed by atoms with Crippen LogP contribution in [-0.4, -0.2) is 22.9 Å². The quantitative estimate of drug-likeness (QED) is 0.826. The number of hydrogen-bond donors (Lipinski definition) is 2. The van der Waals surface area contributed by atoms with Crippen LogP contribution in [0.4, 0.5) is 0 Å². The van der Waals surface area contributed by atoms with Gasteiger partial charge in [0.1, 0.15) is 0 Å². The molecule has 0 aliphatic carbocycles. The molecular weight excluding hydrogens is 274 g/mol. The third kappa shape index (κ3) is 3.15. The fourth-order valence-corrected chi connectivity index (χ4v) is 1.70. The van der Waals surface area contributed by atoms with E-state index in [0.717, 1.165) is 10.0 Å². The van der Waals surface area contributed by atoms with E-state index in [1.165, 1.54) is 0 Å². The van der Waals surface area contributed by atoms with E-state index >= 15 is 0 Å². The van der Waals surface area contributed by atoms with Gasteiger partial charge in [-0.05, 0) is 24.6 Å². The lowest BCUT2D eigenvalue weighted by molar-refractivity contribution is -0.137. The third-order valence-electron chi connectivity index (χ3n) is 2.20. The molecule has 16 heavy (non-hydrogen) atoms. The summed E-state index contributed by atoms with van der Waals surface area (Å²) in [5.74, 6) is -1.42. The Labute approximate surface area is 102 Å². The number of carbonyl (C=O) groups excluding carboxylic acids is 1. The molecule has 0 amide bonds. The molecule has 0 aliphatic rings. The summed E-state index contributed by atoms with van der Waals surface area (Å²) in [6.07, 6.45) is -0.356. The van der Waals surface area contributed by atoms with Crippen LogP contribution in [0.2, 0.25) is 0 Å². The Morgan fingerprint density at radius 3 is 2.69 bits per heavy atom. The summed E-state index contributed by atoms with van der Waals surface area (Å²) in [4.78, 5) is 22.3.